The first-order chi connectivity index (χ1) is 6.97. The molecule has 0 amide bonds. The predicted octanol–water partition coefficient (Wildman–Crippen LogP) is 0.540. The molecule has 90 valence electrons. The Kier molecular flexibility index (Phi) is 4.89. The van der Waals surface area contributed by atoms with Crippen molar-refractivity contribution >= 4 is 21.8 Å². The molecule has 0 unspecified atom stereocenters. The molecule has 1 aliphatic carbocycles. The summed E-state index contributed by atoms with van der Waals surface area (Å²) in [5.41, 5.74) is 0. The quantitative estimate of drug-likeness (QED) is 0.677. The fourth-order valence-electron chi connectivity index (χ4n) is 2.00. The van der Waals surface area contributed by atoms with Gasteiger partial charge in [0.15, 0.2) is 0 Å². The third-order valence-corrected chi connectivity index (χ3v) is 5.15. The highest BCUT2D eigenvalue weighted by atomic mass is 32.2. The highest BCUT2D eigenvalue weighted by Crippen LogP contribution is 2.39. The molecule has 6 heteroatoms. The average molecular weight is 252 g/mol. The summed E-state index contributed by atoms with van der Waals surface area (Å²) >= 11 is 1.89. The van der Waals surface area contributed by atoms with Crippen LogP contribution in [0.5, 0.6) is 0 Å². The zero-order valence-corrected chi connectivity index (χ0v) is 10.8. The number of primary sulfonamides is 1. The largest absolute Gasteiger partial charge is 0.314 e. The van der Waals surface area contributed by atoms with Gasteiger partial charge in [0.25, 0.3) is 0 Å². The zero-order chi connectivity index (χ0) is 11.4. The van der Waals surface area contributed by atoms with E-state index < -0.39 is 10.0 Å². The van der Waals surface area contributed by atoms with E-state index in [-0.39, 0.29) is 5.75 Å². The zero-order valence-electron chi connectivity index (χ0n) is 9.16. The first-order valence-electron chi connectivity index (χ1n) is 5.24. The molecule has 1 rings (SSSR count). The van der Waals surface area contributed by atoms with Crippen molar-refractivity contribution in [1.82, 2.24) is 5.32 Å². The molecule has 0 aromatic heterocycles. The van der Waals surface area contributed by atoms with Crippen LogP contribution < -0.4 is 10.5 Å². The standard InChI is InChI=1S/C9H20N2O2S2/c1-14-9(4-2-3-5-9)8-11-6-7-15(10,12)13/h11H,2-8H2,1H3,(H2,10,12,13). The molecule has 4 nitrogen and oxygen atoms in total. The Morgan fingerprint density at radius 1 is 1.40 bits per heavy atom. The van der Waals surface area contributed by atoms with E-state index in [1.165, 1.54) is 25.7 Å². The number of nitrogens with two attached hydrogens (primary N) is 1. The maximum absolute atomic E-state index is 10.7. The first-order valence-corrected chi connectivity index (χ1v) is 8.18. The molecule has 0 saturated heterocycles. The van der Waals surface area contributed by atoms with Crippen molar-refractivity contribution in [2.24, 2.45) is 5.14 Å². The van der Waals surface area contributed by atoms with Crippen LogP contribution in [0.3, 0.4) is 0 Å². The molecule has 0 aliphatic heterocycles. The van der Waals surface area contributed by atoms with E-state index in [1.54, 1.807) is 0 Å². The molecule has 1 fully saturated rings. The van der Waals surface area contributed by atoms with Gasteiger partial charge in [-0.1, -0.05) is 12.8 Å². The molecule has 3 N–H and O–H groups in total. The lowest BCUT2D eigenvalue weighted by Crippen LogP contribution is -2.38. The van der Waals surface area contributed by atoms with Gasteiger partial charge in [0.2, 0.25) is 10.0 Å². The number of nitrogens with one attached hydrogen (secondary N) is 1. The van der Waals surface area contributed by atoms with Crippen LogP contribution in [0, 0.1) is 0 Å². The Labute approximate surface area is 96.4 Å². The number of sulfonamides is 1. The lowest BCUT2D eigenvalue weighted by atomic mass is 10.1. The van der Waals surface area contributed by atoms with Crippen molar-refractivity contribution in [2.45, 2.75) is 30.4 Å². The second-order valence-corrected chi connectivity index (χ2v) is 7.15. The summed E-state index contributed by atoms with van der Waals surface area (Å²) in [6, 6.07) is 0. The first kappa shape index (κ1) is 13.3. The summed E-state index contributed by atoms with van der Waals surface area (Å²) in [4.78, 5) is 0. The normalized spacial score (nSPS) is 20.7. The van der Waals surface area contributed by atoms with Gasteiger partial charge in [-0.25, -0.2) is 13.6 Å². The van der Waals surface area contributed by atoms with Crippen molar-refractivity contribution in [1.29, 1.82) is 0 Å². The molecule has 0 bridgehead atoms. The van der Waals surface area contributed by atoms with Crippen LogP contribution in [-0.4, -0.2) is 38.3 Å². The van der Waals surface area contributed by atoms with Crippen molar-refractivity contribution in [3.8, 4) is 0 Å². The van der Waals surface area contributed by atoms with Gasteiger partial charge in [-0.2, -0.15) is 11.8 Å². The fraction of sp³-hybridized carbons (Fsp3) is 1.00. The van der Waals surface area contributed by atoms with E-state index in [1.807, 2.05) is 11.8 Å². The molecule has 0 aromatic carbocycles. The van der Waals surface area contributed by atoms with Crippen LogP contribution in [0.15, 0.2) is 0 Å². The van der Waals surface area contributed by atoms with Crippen molar-refractivity contribution < 1.29 is 8.42 Å². The molecule has 0 spiro atoms. The fourth-order valence-corrected chi connectivity index (χ4v) is 3.38. The molecule has 0 aromatic rings. The lowest BCUT2D eigenvalue weighted by Gasteiger charge is -2.26. The van der Waals surface area contributed by atoms with Gasteiger partial charge in [-0.15, -0.1) is 0 Å². The molecule has 0 heterocycles. The van der Waals surface area contributed by atoms with Crippen LogP contribution >= 0.6 is 11.8 Å². The van der Waals surface area contributed by atoms with Crippen LogP contribution in [0.4, 0.5) is 0 Å². The minimum absolute atomic E-state index is 0.0253. The summed E-state index contributed by atoms with van der Waals surface area (Å²) < 4.78 is 21.8. The second-order valence-electron chi connectivity index (χ2n) is 4.14. The van der Waals surface area contributed by atoms with Gasteiger partial charge in [-0.3, -0.25) is 0 Å². The molecular formula is C9H20N2O2S2. The second kappa shape index (κ2) is 5.52. The van der Waals surface area contributed by atoms with Crippen molar-refractivity contribution in [3.63, 3.8) is 0 Å². The number of thioether (sulfide) groups is 1. The SMILES string of the molecule is CSC1(CNCCS(N)(=O)=O)CCCC1. The summed E-state index contributed by atoms with van der Waals surface area (Å²) in [5.74, 6) is 0.0253. The average Bonchev–Trinajstić information content (AvgIpc) is 2.60. The van der Waals surface area contributed by atoms with E-state index in [4.69, 9.17) is 5.14 Å². The highest BCUT2D eigenvalue weighted by Gasteiger charge is 2.32. The Morgan fingerprint density at radius 2 is 2.00 bits per heavy atom. The van der Waals surface area contributed by atoms with Gasteiger partial charge in [0.1, 0.15) is 0 Å². The summed E-state index contributed by atoms with van der Waals surface area (Å²) in [5, 5.41) is 8.12. The van der Waals surface area contributed by atoms with Crippen LogP contribution in [0.25, 0.3) is 0 Å². The molecule has 1 saturated carbocycles. The van der Waals surface area contributed by atoms with E-state index in [9.17, 15) is 8.42 Å². The highest BCUT2D eigenvalue weighted by molar-refractivity contribution is 8.00. The van der Waals surface area contributed by atoms with E-state index >= 15 is 0 Å². The number of hydrogen-bond donors (Lipinski definition) is 2. The topological polar surface area (TPSA) is 72.2 Å². The Hall–Kier alpha value is 0.220. The van der Waals surface area contributed by atoms with Crippen molar-refractivity contribution in [2.75, 3.05) is 25.1 Å². The third-order valence-electron chi connectivity index (χ3n) is 2.96. The van der Waals surface area contributed by atoms with Gasteiger partial charge >= 0.3 is 0 Å². The third kappa shape index (κ3) is 4.72. The number of hydrogen-bond acceptors (Lipinski definition) is 4. The molecule has 1 aliphatic rings. The van der Waals surface area contributed by atoms with Crippen molar-refractivity contribution in [3.05, 3.63) is 0 Å². The maximum atomic E-state index is 10.7. The monoisotopic (exact) mass is 252 g/mol. The minimum atomic E-state index is -3.32. The Balaban J connectivity index is 2.24. The van der Waals surface area contributed by atoms with Crippen LogP contribution in [0.2, 0.25) is 0 Å². The summed E-state index contributed by atoms with van der Waals surface area (Å²) in [7, 11) is -3.32. The predicted molar refractivity (Wildman–Crippen MR) is 65.6 cm³/mol. The van der Waals surface area contributed by atoms with E-state index in [2.05, 4.69) is 11.6 Å². The van der Waals surface area contributed by atoms with Crippen LogP contribution in [0.1, 0.15) is 25.7 Å². The summed E-state index contributed by atoms with van der Waals surface area (Å²) in [6.45, 7) is 1.35. The Morgan fingerprint density at radius 3 is 2.47 bits per heavy atom. The molecule has 15 heavy (non-hydrogen) atoms. The van der Waals surface area contributed by atoms with Gasteiger partial charge in [0, 0.05) is 17.8 Å². The summed E-state index contributed by atoms with van der Waals surface area (Å²) in [6.07, 6.45) is 7.18. The smallest absolute Gasteiger partial charge is 0.210 e. The van der Waals surface area contributed by atoms with Gasteiger partial charge in [-0.05, 0) is 19.1 Å². The van der Waals surface area contributed by atoms with Gasteiger partial charge in [0.05, 0.1) is 5.75 Å². The van der Waals surface area contributed by atoms with Gasteiger partial charge < -0.3 is 5.32 Å². The Bertz CT molecular complexity index is 284. The minimum Gasteiger partial charge on any atom is -0.314 e. The van der Waals surface area contributed by atoms with Crippen LogP contribution in [-0.2, 0) is 10.0 Å². The molecule has 0 radical (unpaired) electrons. The molecule has 0 atom stereocenters. The maximum Gasteiger partial charge on any atom is 0.210 e. The van der Waals surface area contributed by atoms with E-state index in [0.29, 0.717) is 11.3 Å². The van der Waals surface area contributed by atoms with E-state index in [0.717, 1.165) is 6.54 Å². The lowest BCUT2D eigenvalue weighted by molar-refractivity contribution is 0.541. The molecular weight excluding hydrogens is 232 g/mol. The number of rotatable bonds is 6.